The van der Waals surface area contributed by atoms with Crippen molar-refractivity contribution in [2.24, 2.45) is 5.92 Å². The number of nitrogens with one attached hydrogen (secondary N) is 2. The van der Waals surface area contributed by atoms with E-state index in [9.17, 15) is 14.4 Å². The van der Waals surface area contributed by atoms with Gasteiger partial charge in [0.05, 0.1) is 5.56 Å². The number of amides is 3. The molecule has 1 saturated carbocycles. The maximum atomic E-state index is 12.0. The minimum absolute atomic E-state index is 0.0607. The fourth-order valence-corrected chi connectivity index (χ4v) is 3.17. The monoisotopic (exact) mass is 411 g/mol. The number of nitrogen functional groups attached to an aromatic ring is 1. The van der Waals surface area contributed by atoms with Crippen LogP contribution in [-0.4, -0.2) is 30.6 Å². The molecule has 1 aliphatic carbocycles. The molecule has 2 rings (SSSR count). The van der Waals surface area contributed by atoms with Gasteiger partial charge in [-0.1, -0.05) is 35.7 Å². The molecule has 1 aromatic carbocycles. The third kappa shape index (κ3) is 5.74. The molecule has 0 saturated heterocycles. The van der Waals surface area contributed by atoms with E-state index < -0.39 is 24.5 Å². The fraction of sp³-hybridized carbons (Fsp3) is 0.471. The number of imide groups is 1. The number of anilines is 1. The summed E-state index contributed by atoms with van der Waals surface area (Å²) in [6, 6.07) is 4.24. The molecule has 0 unspecified atom stereocenters. The number of urea groups is 1. The van der Waals surface area contributed by atoms with Crippen LogP contribution in [-0.2, 0) is 9.53 Å². The van der Waals surface area contributed by atoms with Crippen molar-refractivity contribution in [3.63, 3.8) is 0 Å². The van der Waals surface area contributed by atoms with Gasteiger partial charge in [0.1, 0.15) is 0 Å². The zero-order chi connectivity index (χ0) is 18.4. The Hall–Kier alpha value is -2.09. The number of esters is 1. The predicted octanol–water partition coefficient (Wildman–Crippen LogP) is 2.59. The van der Waals surface area contributed by atoms with Gasteiger partial charge in [0.2, 0.25) is 0 Å². The largest absolute Gasteiger partial charge is 0.452 e. The number of halogens is 1. The van der Waals surface area contributed by atoms with Gasteiger partial charge in [0.15, 0.2) is 6.61 Å². The minimum Gasteiger partial charge on any atom is -0.452 e. The highest BCUT2D eigenvalue weighted by atomic mass is 79.9. The number of carbonyl (C=O) groups excluding carboxylic acids is 3. The van der Waals surface area contributed by atoms with Crippen molar-refractivity contribution in [1.82, 2.24) is 10.6 Å². The van der Waals surface area contributed by atoms with Gasteiger partial charge in [-0.05, 0) is 37.0 Å². The van der Waals surface area contributed by atoms with Crippen LogP contribution >= 0.6 is 15.9 Å². The molecule has 1 aliphatic rings. The van der Waals surface area contributed by atoms with Crippen LogP contribution in [0.5, 0.6) is 0 Å². The first kappa shape index (κ1) is 19.2. The summed E-state index contributed by atoms with van der Waals surface area (Å²) in [5.74, 6) is -1.04. The second-order valence-corrected chi connectivity index (χ2v) is 7.11. The lowest BCUT2D eigenvalue weighted by atomic mass is 9.86. The molecule has 1 fully saturated rings. The van der Waals surface area contributed by atoms with Crippen LogP contribution in [0.15, 0.2) is 22.7 Å². The fourth-order valence-electron chi connectivity index (χ4n) is 2.81. The Labute approximate surface area is 154 Å². The van der Waals surface area contributed by atoms with Crippen LogP contribution in [0, 0.1) is 5.92 Å². The van der Waals surface area contributed by atoms with Crippen molar-refractivity contribution >= 4 is 39.5 Å². The van der Waals surface area contributed by atoms with E-state index in [-0.39, 0.29) is 17.3 Å². The number of benzene rings is 1. The molecule has 0 bridgehead atoms. The first-order chi connectivity index (χ1) is 11.9. The van der Waals surface area contributed by atoms with E-state index in [2.05, 4.69) is 33.5 Å². The smallest absolute Gasteiger partial charge is 0.340 e. The van der Waals surface area contributed by atoms with E-state index in [0.29, 0.717) is 10.4 Å². The van der Waals surface area contributed by atoms with Crippen LogP contribution in [0.1, 0.15) is 43.0 Å². The van der Waals surface area contributed by atoms with E-state index in [1.54, 1.807) is 12.1 Å². The summed E-state index contributed by atoms with van der Waals surface area (Å²) in [5, 5.41) is 4.97. The normalized spacial score (nSPS) is 19.8. The molecular weight excluding hydrogens is 390 g/mol. The zero-order valence-electron chi connectivity index (χ0n) is 14.0. The van der Waals surface area contributed by atoms with Gasteiger partial charge in [-0.2, -0.15) is 0 Å². The molecule has 0 spiro atoms. The van der Waals surface area contributed by atoms with Gasteiger partial charge < -0.3 is 15.8 Å². The predicted molar refractivity (Wildman–Crippen MR) is 96.9 cm³/mol. The Bertz CT molecular complexity index is 665. The van der Waals surface area contributed by atoms with Crippen molar-refractivity contribution in [2.45, 2.75) is 38.6 Å². The Morgan fingerprint density at radius 1 is 1.28 bits per heavy atom. The van der Waals surface area contributed by atoms with Gasteiger partial charge in [0.25, 0.3) is 5.91 Å². The number of hydrogen-bond donors (Lipinski definition) is 3. The molecule has 7 nitrogen and oxygen atoms in total. The third-order valence-corrected chi connectivity index (χ3v) is 4.74. The number of rotatable bonds is 4. The van der Waals surface area contributed by atoms with Crippen molar-refractivity contribution < 1.29 is 19.1 Å². The second kappa shape index (κ2) is 8.84. The van der Waals surface area contributed by atoms with Gasteiger partial charge in [0, 0.05) is 16.2 Å². The number of carbonyl (C=O) groups is 3. The van der Waals surface area contributed by atoms with Crippen LogP contribution in [0.4, 0.5) is 10.5 Å². The number of hydrogen-bond acceptors (Lipinski definition) is 5. The highest BCUT2D eigenvalue weighted by molar-refractivity contribution is 9.10. The highest BCUT2D eigenvalue weighted by Crippen LogP contribution is 2.23. The standard InChI is InChI=1S/C17H22BrN3O4/c1-10-4-2-3-5-14(10)20-17(24)21-15(22)9-25-16(23)12-8-11(18)6-7-13(12)19/h6-8,10,14H,2-5,9,19H2,1H3,(H2,20,21,22,24)/t10-,14-/m0/s1. The van der Waals surface area contributed by atoms with Gasteiger partial charge >= 0.3 is 12.0 Å². The number of nitrogens with two attached hydrogens (primary N) is 1. The van der Waals surface area contributed by atoms with E-state index >= 15 is 0 Å². The average Bonchev–Trinajstić information content (AvgIpc) is 2.57. The SMILES string of the molecule is C[C@H]1CCCC[C@@H]1NC(=O)NC(=O)COC(=O)c1cc(Br)ccc1N. The Morgan fingerprint density at radius 2 is 2.00 bits per heavy atom. The second-order valence-electron chi connectivity index (χ2n) is 6.20. The Morgan fingerprint density at radius 3 is 2.72 bits per heavy atom. The maximum absolute atomic E-state index is 12.0. The summed E-state index contributed by atoms with van der Waals surface area (Å²) in [4.78, 5) is 35.6. The maximum Gasteiger partial charge on any atom is 0.340 e. The van der Waals surface area contributed by atoms with Crippen LogP contribution in [0.3, 0.4) is 0 Å². The van der Waals surface area contributed by atoms with Gasteiger partial charge in [-0.3, -0.25) is 10.1 Å². The van der Waals surface area contributed by atoms with Gasteiger partial charge in [-0.25, -0.2) is 9.59 Å². The molecule has 3 amide bonds. The quantitative estimate of drug-likeness (QED) is 0.520. The van der Waals surface area contributed by atoms with E-state index in [4.69, 9.17) is 10.5 Å². The summed E-state index contributed by atoms with van der Waals surface area (Å²) in [6.45, 7) is 1.52. The first-order valence-electron chi connectivity index (χ1n) is 8.19. The molecular formula is C17H22BrN3O4. The average molecular weight is 412 g/mol. The van der Waals surface area contributed by atoms with Crippen LogP contribution in [0.25, 0.3) is 0 Å². The van der Waals surface area contributed by atoms with Crippen LogP contribution in [0.2, 0.25) is 0 Å². The molecule has 0 aromatic heterocycles. The molecule has 0 radical (unpaired) electrons. The Balaban J connectivity index is 1.79. The lowest BCUT2D eigenvalue weighted by Crippen LogP contribution is -2.48. The van der Waals surface area contributed by atoms with E-state index in [1.165, 1.54) is 6.07 Å². The Kier molecular flexibility index (Phi) is 6.81. The van der Waals surface area contributed by atoms with Crippen LogP contribution < -0.4 is 16.4 Å². The van der Waals surface area contributed by atoms with Crippen molar-refractivity contribution in [2.75, 3.05) is 12.3 Å². The summed E-state index contributed by atoms with van der Waals surface area (Å²) >= 11 is 3.23. The summed E-state index contributed by atoms with van der Waals surface area (Å²) in [5.41, 5.74) is 6.11. The summed E-state index contributed by atoms with van der Waals surface area (Å²) in [7, 11) is 0. The first-order valence-corrected chi connectivity index (χ1v) is 8.98. The molecule has 25 heavy (non-hydrogen) atoms. The molecule has 2 atom stereocenters. The molecule has 0 aliphatic heterocycles. The van der Waals surface area contributed by atoms with E-state index in [0.717, 1.165) is 25.7 Å². The third-order valence-electron chi connectivity index (χ3n) is 4.25. The summed E-state index contributed by atoms with van der Waals surface area (Å²) < 4.78 is 5.57. The highest BCUT2D eigenvalue weighted by Gasteiger charge is 2.23. The molecule has 8 heteroatoms. The summed E-state index contributed by atoms with van der Waals surface area (Å²) in [6.07, 6.45) is 4.19. The lowest BCUT2D eigenvalue weighted by molar-refractivity contribution is -0.123. The minimum atomic E-state index is -0.727. The zero-order valence-corrected chi connectivity index (χ0v) is 15.6. The van der Waals surface area contributed by atoms with Gasteiger partial charge in [-0.15, -0.1) is 0 Å². The molecule has 1 aromatic rings. The molecule has 136 valence electrons. The van der Waals surface area contributed by atoms with Crippen molar-refractivity contribution in [1.29, 1.82) is 0 Å². The number of ether oxygens (including phenoxy) is 1. The molecule has 0 heterocycles. The van der Waals surface area contributed by atoms with Crippen molar-refractivity contribution in [3.05, 3.63) is 28.2 Å². The molecule has 4 N–H and O–H groups in total. The lowest BCUT2D eigenvalue weighted by Gasteiger charge is -2.29. The topological polar surface area (TPSA) is 111 Å². The van der Waals surface area contributed by atoms with E-state index in [1.807, 2.05) is 0 Å². The van der Waals surface area contributed by atoms with Crippen molar-refractivity contribution in [3.8, 4) is 0 Å².